The van der Waals surface area contributed by atoms with E-state index in [2.05, 4.69) is 14.8 Å². The van der Waals surface area contributed by atoms with E-state index >= 15 is 0 Å². The van der Waals surface area contributed by atoms with Gasteiger partial charge < -0.3 is 0 Å². The highest BCUT2D eigenvalue weighted by Gasteiger charge is 2.18. The van der Waals surface area contributed by atoms with Crippen LogP contribution in [0.4, 0.5) is 5.95 Å². The van der Waals surface area contributed by atoms with E-state index in [-0.39, 0.29) is 10.8 Å². The lowest BCUT2D eigenvalue weighted by molar-refractivity contribution is 0.601. The van der Waals surface area contributed by atoms with Gasteiger partial charge in [-0.1, -0.05) is 42.1 Å². The Hall–Kier alpha value is -2.06. The smallest absolute Gasteiger partial charge is 0.246 e. The van der Waals surface area contributed by atoms with Crippen LogP contribution in [-0.2, 0) is 17.1 Å². The highest BCUT2D eigenvalue weighted by atomic mass is 32.2. The Bertz CT molecular complexity index is 935. The first kappa shape index (κ1) is 14.9. The highest BCUT2D eigenvalue weighted by molar-refractivity contribution is 7.98. The average Bonchev–Trinajstić information content (AvgIpc) is 2.85. The molecule has 0 fully saturated rings. The Balaban J connectivity index is 1.96. The minimum Gasteiger partial charge on any atom is -0.246 e. The number of anilines is 1. The van der Waals surface area contributed by atoms with Gasteiger partial charge in [0.1, 0.15) is 0 Å². The molecule has 0 spiro atoms. The number of thioether (sulfide) groups is 1. The van der Waals surface area contributed by atoms with Gasteiger partial charge in [-0.3, -0.25) is 0 Å². The Kier molecular flexibility index (Phi) is 3.79. The fourth-order valence-corrected chi connectivity index (χ4v) is 3.56. The van der Waals surface area contributed by atoms with Crippen molar-refractivity contribution >= 4 is 38.5 Å². The standard InChI is InChI=1S/C14H14N4O2S2/c1-18-14(21-2)15-13(16-18)17-22(19,20)12-8-7-10-5-3-4-6-11(10)9-12/h3-9H,1-2H3,(H,16,17). The Labute approximate surface area is 132 Å². The second kappa shape index (κ2) is 5.62. The van der Waals surface area contributed by atoms with Crippen molar-refractivity contribution in [3.63, 3.8) is 0 Å². The molecular weight excluding hydrogens is 320 g/mol. The van der Waals surface area contributed by atoms with Crippen molar-refractivity contribution in [2.24, 2.45) is 7.05 Å². The zero-order valence-corrected chi connectivity index (χ0v) is 13.6. The second-order valence-electron chi connectivity index (χ2n) is 4.66. The summed E-state index contributed by atoms with van der Waals surface area (Å²) in [5.74, 6) is 0.0695. The molecule has 0 aliphatic rings. The van der Waals surface area contributed by atoms with Crippen molar-refractivity contribution in [2.45, 2.75) is 10.1 Å². The second-order valence-corrected chi connectivity index (χ2v) is 7.12. The normalized spacial score (nSPS) is 11.7. The van der Waals surface area contributed by atoms with E-state index in [1.165, 1.54) is 16.4 Å². The predicted octanol–water partition coefficient (Wildman–Crippen LogP) is 2.49. The summed E-state index contributed by atoms with van der Waals surface area (Å²) in [7, 11) is -2.00. The Morgan fingerprint density at radius 3 is 2.55 bits per heavy atom. The summed E-state index contributed by atoms with van der Waals surface area (Å²) >= 11 is 1.39. The fraction of sp³-hybridized carbons (Fsp3) is 0.143. The van der Waals surface area contributed by atoms with Crippen molar-refractivity contribution in [1.29, 1.82) is 0 Å². The maximum absolute atomic E-state index is 12.4. The van der Waals surface area contributed by atoms with E-state index < -0.39 is 10.0 Å². The summed E-state index contributed by atoms with van der Waals surface area (Å²) in [4.78, 5) is 4.31. The molecule has 114 valence electrons. The molecule has 1 N–H and O–H groups in total. The molecular formula is C14H14N4O2S2. The van der Waals surface area contributed by atoms with E-state index in [4.69, 9.17) is 0 Å². The summed E-state index contributed by atoms with van der Waals surface area (Å²) in [5, 5.41) is 6.54. The van der Waals surface area contributed by atoms with E-state index in [1.807, 2.05) is 30.5 Å². The molecule has 22 heavy (non-hydrogen) atoms. The maximum atomic E-state index is 12.4. The molecule has 0 saturated carbocycles. The number of sulfonamides is 1. The molecule has 0 aliphatic carbocycles. The first-order chi connectivity index (χ1) is 10.5. The van der Waals surface area contributed by atoms with Gasteiger partial charge in [0, 0.05) is 7.05 Å². The number of benzene rings is 2. The fourth-order valence-electron chi connectivity index (χ4n) is 2.10. The predicted molar refractivity (Wildman–Crippen MR) is 87.5 cm³/mol. The van der Waals surface area contributed by atoms with E-state index in [0.717, 1.165) is 10.8 Å². The largest absolute Gasteiger partial charge is 0.264 e. The van der Waals surface area contributed by atoms with Gasteiger partial charge in [0.15, 0.2) is 5.16 Å². The summed E-state index contributed by atoms with van der Waals surface area (Å²) < 4.78 is 28.8. The molecule has 0 radical (unpaired) electrons. The van der Waals surface area contributed by atoms with Crippen LogP contribution >= 0.6 is 11.8 Å². The van der Waals surface area contributed by atoms with Crippen LogP contribution in [-0.4, -0.2) is 29.4 Å². The number of rotatable bonds is 4. The molecule has 3 rings (SSSR count). The number of nitrogens with one attached hydrogen (secondary N) is 1. The van der Waals surface area contributed by atoms with Crippen molar-refractivity contribution in [3.8, 4) is 0 Å². The molecule has 1 heterocycles. The van der Waals surface area contributed by atoms with E-state index in [1.54, 1.807) is 25.2 Å². The lowest BCUT2D eigenvalue weighted by Gasteiger charge is -2.06. The lowest BCUT2D eigenvalue weighted by Crippen LogP contribution is -2.14. The number of fused-ring (bicyclic) bond motifs is 1. The van der Waals surface area contributed by atoms with Gasteiger partial charge in [-0.2, -0.15) is 4.98 Å². The van der Waals surface area contributed by atoms with Gasteiger partial charge in [-0.15, -0.1) is 5.10 Å². The number of aromatic nitrogens is 3. The number of hydrogen-bond donors (Lipinski definition) is 1. The summed E-state index contributed by atoms with van der Waals surface area (Å²) in [6.45, 7) is 0. The van der Waals surface area contributed by atoms with E-state index in [0.29, 0.717) is 5.16 Å². The molecule has 0 bridgehead atoms. The molecule has 6 nitrogen and oxygen atoms in total. The van der Waals surface area contributed by atoms with Crippen molar-refractivity contribution < 1.29 is 8.42 Å². The third-order valence-electron chi connectivity index (χ3n) is 3.16. The van der Waals surface area contributed by atoms with Crippen LogP contribution in [0, 0.1) is 0 Å². The quantitative estimate of drug-likeness (QED) is 0.742. The summed E-state index contributed by atoms with van der Waals surface area (Å²) in [6, 6.07) is 12.6. The van der Waals surface area contributed by atoms with Crippen LogP contribution in [0.2, 0.25) is 0 Å². The summed E-state index contributed by atoms with van der Waals surface area (Å²) in [5.41, 5.74) is 0. The van der Waals surface area contributed by atoms with Crippen LogP contribution in [0.15, 0.2) is 52.5 Å². The average molecular weight is 334 g/mol. The van der Waals surface area contributed by atoms with Gasteiger partial charge in [-0.25, -0.2) is 17.8 Å². The molecule has 0 saturated heterocycles. The Morgan fingerprint density at radius 1 is 1.14 bits per heavy atom. The zero-order chi connectivity index (χ0) is 15.7. The van der Waals surface area contributed by atoms with Crippen LogP contribution in [0.5, 0.6) is 0 Å². The third-order valence-corrected chi connectivity index (χ3v) is 5.21. The van der Waals surface area contributed by atoms with Crippen LogP contribution in [0.25, 0.3) is 10.8 Å². The molecule has 0 unspecified atom stereocenters. The van der Waals surface area contributed by atoms with Crippen LogP contribution in [0.3, 0.4) is 0 Å². The van der Waals surface area contributed by atoms with Gasteiger partial charge in [0.2, 0.25) is 0 Å². The van der Waals surface area contributed by atoms with E-state index in [9.17, 15) is 8.42 Å². The molecule has 1 aromatic heterocycles. The Morgan fingerprint density at radius 2 is 1.86 bits per heavy atom. The summed E-state index contributed by atoms with van der Waals surface area (Å²) in [6.07, 6.45) is 1.85. The topological polar surface area (TPSA) is 76.9 Å². The monoisotopic (exact) mass is 334 g/mol. The minimum absolute atomic E-state index is 0.0695. The number of nitrogens with zero attached hydrogens (tertiary/aromatic N) is 3. The van der Waals surface area contributed by atoms with Crippen molar-refractivity contribution in [2.75, 3.05) is 11.0 Å². The van der Waals surface area contributed by atoms with Crippen molar-refractivity contribution in [3.05, 3.63) is 42.5 Å². The van der Waals surface area contributed by atoms with Gasteiger partial charge in [0.25, 0.3) is 16.0 Å². The lowest BCUT2D eigenvalue weighted by atomic mass is 10.1. The zero-order valence-electron chi connectivity index (χ0n) is 12.0. The first-order valence-corrected chi connectivity index (χ1v) is 9.17. The number of aryl methyl sites for hydroxylation is 1. The minimum atomic E-state index is -3.71. The molecule has 0 atom stereocenters. The van der Waals surface area contributed by atoms with Crippen molar-refractivity contribution in [1.82, 2.24) is 14.8 Å². The molecule has 0 aliphatic heterocycles. The van der Waals surface area contributed by atoms with Gasteiger partial charge in [-0.05, 0) is 29.2 Å². The molecule has 3 aromatic rings. The highest BCUT2D eigenvalue weighted by Crippen LogP contribution is 2.21. The van der Waals surface area contributed by atoms with Crippen LogP contribution < -0.4 is 4.72 Å². The maximum Gasteiger partial charge on any atom is 0.264 e. The van der Waals surface area contributed by atoms with Crippen LogP contribution in [0.1, 0.15) is 0 Å². The number of hydrogen-bond acceptors (Lipinski definition) is 5. The molecule has 0 amide bonds. The third kappa shape index (κ3) is 2.79. The van der Waals surface area contributed by atoms with Gasteiger partial charge >= 0.3 is 0 Å². The first-order valence-electron chi connectivity index (χ1n) is 6.46. The van der Waals surface area contributed by atoms with Gasteiger partial charge in [0.05, 0.1) is 4.90 Å². The molecule has 2 aromatic carbocycles. The SMILES string of the molecule is CSc1nc(NS(=O)(=O)c2ccc3ccccc3c2)nn1C. The molecule has 8 heteroatoms.